The van der Waals surface area contributed by atoms with Crippen LogP contribution in [0.15, 0.2) is 47.4 Å². The molecule has 0 aliphatic carbocycles. The summed E-state index contributed by atoms with van der Waals surface area (Å²) < 4.78 is 6.99. The first-order chi connectivity index (χ1) is 15.9. The number of carbonyl (C=O) groups excluding carboxylic acids is 2. The highest BCUT2D eigenvalue weighted by Crippen LogP contribution is 2.33. The maximum atomic E-state index is 12.8. The third-order valence-corrected chi connectivity index (χ3v) is 7.26. The molecule has 0 atom stereocenters. The highest BCUT2D eigenvalue weighted by molar-refractivity contribution is 8.26. The SMILES string of the molecule is CCOc1ccc2nc(NC(=O)CCCN3C(=O)/C(=C/c4ccc(C)cc4)SC3=S)sc2c1. The van der Waals surface area contributed by atoms with Gasteiger partial charge in [-0.3, -0.25) is 14.5 Å². The van der Waals surface area contributed by atoms with Crippen LogP contribution in [-0.4, -0.2) is 39.2 Å². The normalized spacial score (nSPS) is 15.0. The Morgan fingerprint density at radius 2 is 2.03 bits per heavy atom. The summed E-state index contributed by atoms with van der Waals surface area (Å²) >= 11 is 8.10. The van der Waals surface area contributed by atoms with E-state index >= 15 is 0 Å². The van der Waals surface area contributed by atoms with Crippen LogP contribution < -0.4 is 10.1 Å². The predicted octanol–water partition coefficient (Wildman–Crippen LogP) is 5.62. The van der Waals surface area contributed by atoms with Crippen molar-refractivity contribution in [3.63, 3.8) is 0 Å². The summed E-state index contributed by atoms with van der Waals surface area (Å²) in [6, 6.07) is 13.6. The average molecular weight is 498 g/mol. The molecule has 0 unspecified atom stereocenters. The van der Waals surface area contributed by atoms with E-state index < -0.39 is 0 Å². The van der Waals surface area contributed by atoms with Crippen LogP contribution in [0.3, 0.4) is 0 Å². The third kappa shape index (κ3) is 5.79. The molecule has 2 heterocycles. The predicted molar refractivity (Wildman–Crippen MR) is 140 cm³/mol. The Morgan fingerprint density at radius 3 is 2.79 bits per heavy atom. The lowest BCUT2D eigenvalue weighted by atomic mass is 10.1. The van der Waals surface area contributed by atoms with Gasteiger partial charge in [-0.05, 0) is 50.1 Å². The van der Waals surface area contributed by atoms with Gasteiger partial charge >= 0.3 is 0 Å². The number of nitrogens with one attached hydrogen (secondary N) is 1. The molecular formula is C24H23N3O3S3. The highest BCUT2D eigenvalue weighted by Gasteiger charge is 2.31. The number of thiocarbonyl (C=S) groups is 1. The second-order valence-electron chi connectivity index (χ2n) is 7.48. The average Bonchev–Trinajstić information content (AvgIpc) is 3.30. The molecule has 2 amide bonds. The Bertz CT molecular complexity index is 1230. The minimum Gasteiger partial charge on any atom is -0.494 e. The number of amides is 2. The molecule has 1 saturated heterocycles. The van der Waals surface area contributed by atoms with Crippen LogP contribution in [0.25, 0.3) is 16.3 Å². The Hall–Kier alpha value is -2.75. The number of aryl methyl sites for hydroxylation is 1. The number of ether oxygens (including phenoxy) is 1. The zero-order valence-electron chi connectivity index (χ0n) is 18.3. The van der Waals surface area contributed by atoms with Crippen molar-refractivity contribution in [1.29, 1.82) is 0 Å². The van der Waals surface area contributed by atoms with E-state index in [1.807, 2.05) is 62.4 Å². The fourth-order valence-corrected chi connectivity index (χ4v) is 5.52. The third-order valence-electron chi connectivity index (χ3n) is 4.95. The van der Waals surface area contributed by atoms with Crippen LogP contribution in [0.2, 0.25) is 0 Å². The van der Waals surface area contributed by atoms with Gasteiger partial charge in [0.2, 0.25) is 5.91 Å². The molecule has 0 radical (unpaired) electrons. The van der Waals surface area contributed by atoms with Crippen molar-refractivity contribution in [3.05, 3.63) is 58.5 Å². The van der Waals surface area contributed by atoms with Crippen molar-refractivity contribution in [2.75, 3.05) is 18.5 Å². The molecule has 1 fully saturated rings. The van der Waals surface area contributed by atoms with Crippen LogP contribution >= 0.6 is 35.3 Å². The van der Waals surface area contributed by atoms with Crippen molar-refractivity contribution in [2.24, 2.45) is 0 Å². The second kappa shape index (κ2) is 10.5. The molecular weight excluding hydrogens is 474 g/mol. The fraction of sp³-hybridized carbons (Fsp3) is 0.250. The summed E-state index contributed by atoms with van der Waals surface area (Å²) in [6.45, 7) is 4.96. The lowest BCUT2D eigenvalue weighted by Gasteiger charge is -2.13. The molecule has 2 aromatic carbocycles. The van der Waals surface area contributed by atoms with Gasteiger partial charge in [-0.15, -0.1) is 0 Å². The molecule has 1 aromatic heterocycles. The van der Waals surface area contributed by atoms with E-state index in [-0.39, 0.29) is 18.2 Å². The van der Waals surface area contributed by atoms with Gasteiger partial charge in [0.25, 0.3) is 5.91 Å². The number of aromatic nitrogens is 1. The minimum atomic E-state index is -0.139. The Morgan fingerprint density at radius 1 is 1.24 bits per heavy atom. The first-order valence-corrected chi connectivity index (χ1v) is 12.6. The number of nitrogens with zero attached hydrogens (tertiary/aromatic N) is 2. The van der Waals surface area contributed by atoms with E-state index in [0.29, 0.717) is 33.9 Å². The molecule has 0 saturated carbocycles. The first kappa shape index (κ1) is 23.4. The van der Waals surface area contributed by atoms with Gasteiger partial charge in [-0.1, -0.05) is 65.1 Å². The number of thiazole rings is 1. The number of fused-ring (bicyclic) bond motifs is 1. The van der Waals surface area contributed by atoms with Gasteiger partial charge in [0.15, 0.2) is 5.13 Å². The summed E-state index contributed by atoms with van der Waals surface area (Å²) in [4.78, 5) is 31.8. The maximum absolute atomic E-state index is 12.8. The Labute approximate surface area is 206 Å². The number of hydrogen-bond acceptors (Lipinski definition) is 7. The number of benzene rings is 2. The topological polar surface area (TPSA) is 71.5 Å². The van der Waals surface area contributed by atoms with Crippen molar-refractivity contribution < 1.29 is 14.3 Å². The largest absolute Gasteiger partial charge is 0.494 e. The zero-order valence-corrected chi connectivity index (χ0v) is 20.7. The molecule has 9 heteroatoms. The Balaban J connectivity index is 1.30. The van der Waals surface area contributed by atoms with E-state index in [2.05, 4.69) is 10.3 Å². The summed E-state index contributed by atoms with van der Waals surface area (Å²) in [7, 11) is 0. The van der Waals surface area contributed by atoms with Crippen LogP contribution in [-0.2, 0) is 9.59 Å². The summed E-state index contributed by atoms with van der Waals surface area (Å²) in [5.74, 6) is 0.536. The highest BCUT2D eigenvalue weighted by atomic mass is 32.2. The monoisotopic (exact) mass is 497 g/mol. The number of anilines is 1. The maximum Gasteiger partial charge on any atom is 0.266 e. The summed E-state index contributed by atoms with van der Waals surface area (Å²) in [5.41, 5.74) is 2.94. The lowest BCUT2D eigenvalue weighted by Crippen LogP contribution is -2.29. The molecule has 1 aliphatic rings. The van der Waals surface area contributed by atoms with Crippen LogP contribution in [0.1, 0.15) is 30.9 Å². The van der Waals surface area contributed by atoms with Crippen LogP contribution in [0.5, 0.6) is 5.75 Å². The molecule has 33 heavy (non-hydrogen) atoms. The fourth-order valence-electron chi connectivity index (χ4n) is 3.30. The molecule has 3 aromatic rings. The Kier molecular flexibility index (Phi) is 7.42. The lowest BCUT2D eigenvalue weighted by molar-refractivity contribution is -0.122. The van der Waals surface area contributed by atoms with E-state index in [4.69, 9.17) is 17.0 Å². The van der Waals surface area contributed by atoms with Gasteiger partial charge < -0.3 is 10.1 Å². The smallest absolute Gasteiger partial charge is 0.266 e. The number of carbonyl (C=O) groups is 2. The van der Waals surface area contributed by atoms with E-state index in [9.17, 15) is 9.59 Å². The van der Waals surface area contributed by atoms with Crippen molar-refractivity contribution in [2.45, 2.75) is 26.7 Å². The summed E-state index contributed by atoms with van der Waals surface area (Å²) in [6.07, 6.45) is 2.64. The first-order valence-electron chi connectivity index (χ1n) is 10.6. The van der Waals surface area contributed by atoms with Gasteiger partial charge in [0.1, 0.15) is 10.1 Å². The van der Waals surface area contributed by atoms with Crippen LogP contribution in [0.4, 0.5) is 5.13 Å². The van der Waals surface area contributed by atoms with Crippen molar-refractivity contribution in [1.82, 2.24) is 9.88 Å². The van der Waals surface area contributed by atoms with Gasteiger partial charge in [-0.25, -0.2) is 4.98 Å². The molecule has 6 nitrogen and oxygen atoms in total. The standard InChI is InChI=1S/C24H23N3O3S3/c1-3-30-17-10-11-18-19(14-17)32-23(25-18)26-21(28)5-4-12-27-22(29)20(33-24(27)31)13-16-8-6-15(2)7-9-16/h6-11,13-14H,3-5,12H2,1-2H3,(H,25,26,28)/b20-13-. The van der Waals surface area contributed by atoms with Gasteiger partial charge in [-0.2, -0.15) is 0 Å². The molecule has 170 valence electrons. The van der Waals surface area contributed by atoms with E-state index in [1.165, 1.54) is 28.7 Å². The molecule has 1 aliphatic heterocycles. The van der Waals surface area contributed by atoms with Crippen LogP contribution in [0, 0.1) is 6.92 Å². The molecule has 4 rings (SSSR count). The minimum absolute atomic E-state index is 0.109. The van der Waals surface area contributed by atoms with Gasteiger partial charge in [0, 0.05) is 13.0 Å². The quantitative estimate of drug-likeness (QED) is 0.322. The van der Waals surface area contributed by atoms with Crippen molar-refractivity contribution >= 4 is 72.9 Å². The molecule has 1 N–H and O–H groups in total. The second-order valence-corrected chi connectivity index (χ2v) is 10.2. The number of rotatable bonds is 8. The summed E-state index contributed by atoms with van der Waals surface area (Å²) in [5, 5.41) is 3.40. The van der Waals surface area contributed by atoms with Crippen molar-refractivity contribution in [3.8, 4) is 5.75 Å². The molecule has 0 spiro atoms. The van der Waals surface area contributed by atoms with E-state index in [1.54, 1.807) is 4.90 Å². The van der Waals surface area contributed by atoms with E-state index in [0.717, 1.165) is 21.5 Å². The van der Waals surface area contributed by atoms with Gasteiger partial charge in [0.05, 0.1) is 21.7 Å². The number of thioether (sulfide) groups is 1. The zero-order chi connectivity index (χ0) is 23.4. The number of hydrogen-bond donors (Lipinski definition) is 1. The molecule has 0 bridgehead atoms.